The molecular weight excluding hydrogens is 248 g/mol. The lowest BCUT2D eigenvalue weighted by atomic mass is 9.97. The van der Waals surface area contributed by atoms with E-state index >= 15 is 0 Å². The van der Waals surface area contributed by atoms with Crippen LogP contribution in [0, 0.1) is 0 Å². The van der Waals surface area contributed by atoms with Gasteiger partial charge in [0, 0.05) is 0 Å². The summed E-state index contributed by atoms with van der Waals surface area (Å²) in [6.07, 6.45) is -0.545. The van der Waals surface area contributed by atoms with Crippen LogP contribution in [-0.2, 0) is 13.9 Å². The zero-order valence-corrected chi connectivity index (χ0v) is 14.2. The van der Waals surface area contributed by atoms with Crippen molar-refractivity contribution in [3.8, 4) is 0 Å². The normalized spacial score (nSPS) is 29.3. The summed E-state index contributed by atoms with van der Waals surface area (Å²) in [5.74, 6) is -0.651. The van der Waals surface area contributed by atoms with E-state index in [0.717, 1.165) is 0 Å². The number of ether oxygens (including phenoxy) is 2. The number of aliphatic hydroxyl groups is 1. The predicted octanol–water partition coefficient (Wildman–Crippen LogP) is 1.60. The molecular formula is C13H28O4Si. The summed E-state index contributed by atoms with van der Waals surface area (Å²) < 4.78 is 17.7. The second kappa shape index (κ2) is 5.21. The minimum absolute atomic E-state index is 0.0437. The first-order valence-corrected chi connectivity index (χ1v) is 7.86. The largest absolute Gasteiger partial charge is 0.416 e. The third-order valence-corrected chi connectivity index (χ3v) is 4.68. The fourth-order valence-electron chi connectivity index (χ4n) is 2.04. The van der Waals surface area contributed by atoms with Gasteiger partial charge in [0.05, 0.1) is 12.2 Å². The van der Waals surface area contributed by atoms with E-state index in [9.17, 15) is 5.11 Å². The highest BCUT2D eigenvalue weighted by Gasteiger charge is 2.49. The summed E-state index contributed by atoms with van der Waals surface area (Å²) >= 11 is 0. The Bertz CT molecular complexity index is 283. The van der Waals surface area contributed by atoms with Crippen molar-refractivity contribution >= 4 is 9.76 Å². The first-order valence-electron chi connectivity index (χ1n) is 6.57. The minimum Gasteiger partial charge on any atom is -0.416 e. The van der Waals surface area contributed by atoms with E-state index in [1.807, 2.05) is 27.7 Å². The van der Waals surface area contributed by atoms with E-state index in [4.69, 9.17) is 13.9 Å². The van der Waals surface area contributed by atoms with E-state index < -0.39 is 21.2 Å². The Morgan fingerprint density at radius 3 is 2.17 bits per heavy atom. The Morgan fingerprint density at radius 2 is 1.72 bits per heavy atom. The quantitative estimate of drug-likeness (QED) is 0.792. The van der Waals surface area contributed by atoms with Gasteiger partial charge in [-0.05, 0) is 32.7 Å². The van der Waals surface area contributed by atoms with Crippen LogP contribution in [0.1, 0.15) is 48.5 Å². The molecule has 1 rings (SSSR count). The van der Waals surface area contributed by atoms with Gasteiger partial charge in [-0.25, -0.2) is 0 Å². The van der Waals surface area contributed by atoms with Crippen LogP contribution >= 0.6 is 0 Å². The second-order valence-corrected chi connectivity index (χ2v) is 9.93. The molecule has 0 bridgehead atoms. The molecule has 108 valence electrons. The molecule has 1 aliphatic rings. The molecule has 0 radical (unpaired) electrons. The van der Waals surface area contributed by atoms with E-state index in [2.05, 4.69) is 20.8 Å². The summed E-state index contributed by atoms with van der Waals surface area (Å²) in [6.45, 7) is 14.3. The van der Waals surface area contributed by atoms with Crippen LogP contribution in [-0.4, -0.2) is 45.1 Å². The average Bonchev–Trinajstić information content (AvgIpc) is 2.51. The SMILES string of the molecule is CC1(C)OC(C(C)(C)O[SiH2]C(C)(C)C)[C@@H](CO)O1. The minimum atomic E-state index is -0.672. The van der Waals surface area contributed by atoms with Crippen molar-refractivity contribution in [2.45, 2.75) is 77.1 Å². The van der Waals surface area contributed by atoms with E-state index in [-0.39, 0.29) is 23.9 Å². The average molecular weight is 276 g/mol. The molecule has 0 amide bonds. The molecule has 18 heavy (non-hydrogen) atoms. The lowest BCUT2D eigenvalue weighted by molar-refractivity contribution is -0.163. The lowest BCUT2D eigenvalue weighted by Gasteiger charge is -2.36. The summed E-state index contributed by atoms with van der Waals surface area (Å²) in [5, 5.41) is 9.65. The van der Waals surface area contributed by atoms with Crippen LogP contribution in [0.25, 0.3) is 0 Å². The third kappa shape index (κ3) is 4.31. The first kappa shape index (κ1) is 16.1. The van der Waals surface area contributed by atoms with Crippen molar-refractivity contribution in [1.29, 1.82) is 0 Å². The molecule has 0 aliphatic carbocycles. The fraction of sp³-hybridized carbons (Fsp3) is 1.00. The Morgan fingerprint density at radius 1 is 1.17 bits per heavy atom. The van der Waals surface area contributed by atoms with Gasteiger partial charge >= 0.3 is 0 Å². The molecule has 0 aromatic rings. The second-order valence-electron chi connectivity index (χ2n) is 7.23. The highest BCUT2D eigenvalue weighted by atomic mass is 28.2. The van der Waals surface area contributed by atoms with E-state index in [0.29, 0.717) is 0 Å². The molecule has 4 nitrogen and oxygen atoms in total. The predicted molar refractivity (Wildman–Crippen MR) is 74.3 cm³/mol. The Labute approximate surface area is 113 Å². The Hall–Kier alpha value is 0.0569. The summed E-state index contributed by atoms with van der Waals surface area (Å²) in [7, 11) is -0.672. The van der Waals surface area contributed by atoms with Crippen LogP contribution in [0.15, 0.2) is 0 Å². The molecule has 2 atom stereocenters. The molecule has 1 unspecified atom stereocenters. The molecule has 0 saturated carbocycles. The Balaban J connectivity index is 2.71. The summed E-state index contributed by atoms with van der Waals surface area (Å²) in [5.41, 5.74) is -0.430. The van der Waals surface area contributed by atoms with Crippen molar-refractivity contribution in [2.24, 2.45) is 0 Å². The van der Waals surface area contributed by atoms with E-state index in [1.54, 1.807) is 0 Å². The maximum atomic E-state index is 9.41. The number of aliphatic hydroxyl groups excluding tert-OH is 1. The van der Waals surface area contributed by atoms with Gasteiger partial charge in [-0.15, -0.1) is 0 Å². The molecule has 1 saturated heterocycles. The van der Waals surface area contributed by atoms with Gasteiger partial charge in [-0.1, -0.05) is 20.8 Å². The van der Waals surface area contributed by atoms with Crippen LogP contribution in [0.4, 0.5) is 0 Å². The maximum Gasteiger partial charge on any atom is 0.167 e. The molecule has 0 spiro atoms. The zero-order chi connectivity index (χ0) is 14.2. The standard InChI is InChI=1S/C13H28O4Si/c1-11(2,3)18-17-12(4,5)10-9(8-14)15-13(6,7)16-10/h9-10,14H,8,18H2,1-7H3/t9-,10?/m1/s1. The third-order valence-electron chi connectivity index (χ3n) is 2.93. The molecule has 1 fully saturated rings. The highest BCUT2D eigenvalue weighted by molar-refractivity contribution is 6.31. The van der Waals surface area contributed by atoms with Crippen molar-refractivity contribution < 1.29 is 19.0 Å². The van der Waals surface area contributed by atoms with Crippen LogP contribution in [0.2, 0.25) is 5.04 Å². The van der Waals surface area contributed by atoms with Crippen molar-refractivity contribution in [2.75, 3.05) is 6.61 Å². The van der Waals surface area contributed by atoms with E-state index in [1.165, 1.54) is 0 Å². The van der Waals surface area contributed by atoms with Crippen LogP contribution in [0.3, 0.4) is 0 Å². The molecule has 1 aliphatic heterocycles. The Kier molecular flexibility index (Phi) is 4.66. The lowest BCUT2D eigenvalue weighted by Crippen LogP contribution is -2.48. The van der Waals surface area contributed by atoms with Gasteiger partial charge in [0.2, 0.25) is 0 Å². The fourth-order valence-corrected chi connectivity index (χ4v) is 3.01. The van der Waals surface area contributed by atoms with Gasteiger partial charge < -0.3 is 19.0 Å². The molecule has 1 N–H and O–H groups in total. The number of rotatable bonds is 4. The zero-order valence-electron chi connectivity index (χ0n) is 12.7. The maximum absolute atomic E-state index is 9.41. The van der Waals surface area contributed by atoms with Gasteiger partial charge in [-0.3, -0.25) is 0 Å². The van der Waals surface area contributed by atoms with Gasteiger partial charge in [0.25, 0.3) is 0 Å². The summed E-state index contributed by atoms with van der Waals surface area (Å²) in [4.78, 5) is 0. The first-order chi connectivity index (χ1) is 7.97. The topological polar surface area (TPSA) is 47.9 Å². The monoisotopic (exact) mass is 276 g/mol. The number of hydrogen-bond acceptors (Lipinski definition) is 4. The molecule has 5 heteroatoms. The van der Waals surface area contributed by atoms with Gasteiger partial charge in [0.15, 0.2) is 15.6 Å². The van der Waals surface area contributed by atoms with Crippen molar-refractivity contribution in [3.63, 3.8) is 0 Å². The van der Waals surface area contributed by atoms with Gasteiger partial charge in [-0.2, -0.15) is 0 Å². The van der Waals surface area contributed by atoms with Crippen LogP contribution in [0.5, 0.6) is 0 Å². The van der Waals surface area contributed by atoms with Crippen molar-refractivity contribution in [3.05, 3.63) is 0 Å². The van der Waals surface area contributed by atoms with Gasteiger partial charge in [0.1, 0.15) is 12.2 Å². The highest BCUT2D eigenvalue weighted by Crippen LogP contribution is 2.36. The molecule has 0 aromatic carbocycles. The van der Waals surface area contributed by atoms with Crippen LogP contribution < -0.4 is 0 Å². The smallest absolute Gasteiger partial charge is 0.167 e. The summed E-state index contributed by atoms with van der Waals surface area (Å²) in [6, 6.07) is 0. The number of hydrogen-bond donors (Lipinski definition) is 1. The van der Waals surface area contributed by atoms with Crippen molar-refractivity contribution in [1.82, 2.24) is 0 Å². The molecule has 0 aromatic heterocycles. The molecule has 1 heterocycles.